The Hall–Kier alpha value is -1.96. The van der Waals surface area contributed by atoms with Gasteiger partial charge in [0.05, 0.1) is 5.54 Å². The van der Waals surface area contributed by atoms with Gasteiger partial charge in [0.1, 0.15) is 0 Å². The first-order valence-corrected chi connectivity index (χ1v) is 7.88. The van der Waals surface area contributed by atoms with Crippen LogP contribution in [0.4, 0.5) is 0 Å². The molecule has 0 N–H and O–H groups in total. The van der Waals surface area contributed by atoms with Crippen molar-refractivity contribution in [2.75, 3.05) is 0 Å². The van der Waals surface area contributed by atoms with Crippen LogP contribution in [0.2, 0.25) is 0 Å². The third kappa shape index (κ3) is 2.58. The molecule has 1 aromatic rings. The summed E-state index contributed by atoms with van der Waals surface area (Å²) in [7, 11) is 0. The van der Waals surface area contributed by atoms with Crippen molar-refractivity contribution in [2.45, 2.75) is 46.1 Å². The van der Waals surface area contributed by atoms with Crippen LogP contribution in [-0.4, -0.2) is 17.0 Å². The number of nitrogens with zero attached hydrogens (tertiary/aromatic N) is 1. The molecule has 0 bridgehead atoms. The molecule has 0 amide bonds. The fraction of sp³-hybridized carbons (Fsp3) is 0.400. The third-order valence-electron chi connectivity index (χ3n) is 4.58. The molecular formula is C20H23NO. The molecular weight excluding hydrogens is 270 g/mol. The Bertz CT molecular complexity index is 682. The van der Waals surface area contributed by atoms with Gasteiger partial charge >= 0.3 is 0 Å². The Labute approximate surface area is 132 Å². The number of rotatable bonds is 2. The molecule has 1 aromatic carbocycles. The third-order valence-corrected chi connectivity index (χ3v) is 4.58. The molecule has 0 radical (unpaired) electrons. The van der Waals surface area contributed by atoms with Crippen molar-refractivity contribution in [2.24, 2.45) is 10.4 Å². The van der Waals surface area contributed by atoms with E-state index >= 15 is 0 Å². The highest BCUT2D eigenvalue weighted by Gasteiger charge is 2.45. The van der Waals surface area contributed by atoms with E-state index in [1.54, 1.807) is 0 Å². The monoisotopic (exact) mass is 293 g/mol. The van der Waals surface area contributed by atoms with E-state index in [0.717, 1.165) is 24.0 Å². The standard InChI is InChI=1S/C20H23NO/c1-14-11-20(12-15(2)18(14)22)13-19(3,4)21-17(20)10-16-8-6-5-7-9-16/h5-9,11-12H,10,13H2,1-4H3. The predicted octanol–water partition coefficient (Wildman–Crippen LogP) is 4.31. The maximum Gasteiger partial charge on any atom is 0.183 e. The Morgan fingerprint density at radius 2 is 1.64 bits per heavy atom. The van der Waals surface area contributed by atoms with Gasteiger partial charge in [-0.15, -0.1) is 0 Å². The van der Waals surface area contributed by atoms with Crippen molar-refractivity contribution in [3.8, 4) is 0 Å². The first-order valence-electron chi connectivity index (χ1n) is 7.88. The summed E-state index contributed by atoms with van der Waals surface area (Å²) in [5, 5.41) is 0. The lowest BCUT2D eigenvalue weighted by molar-refractivity contribution is -0.112. The van der Waals surface area contributed by atoms with Crippen molar-refractivity contribution in [1.82, 2.24) is 0 Å². The molecule has 2 aliphatic rings. The number of allylic oxidation sites excluding steroid dienone is 4. The van der Waals surface area contributed by atoms with E-state index < -0.39 is 0 Å². The van der Waals surface area contributed by atoms with Crippen molar-refractivity contribution in [1.29, 1.82) is 0 Å². The fourth-order valence-corrected chi connectivity index (χ4v) is 3.85. The molecule has 1 aliphatic heterocycles. The summed E-state index contributed by atoms with van der Waals surface area (Å²) in [6.07, 6.45) is 6.05. The number of carbonyl (C=O) groups excluding carboxylic acids is 1. The molecule has 1 aliphatic carbocycles. The van der Waals surface area contributed by atoms with Crippen LogP contribution in [0.25, 0.3) is 0 Å². The van der Waals surface area contributed by atoms with Crippen LogP contribution in [0.3, 0.4) is 0 Å². The molecule has 1 spiro atoms. The van der Waals surface area contributed by atoms with Gasteiger partial charge in [0.25, 0.3) is 0 Å². The highest BCUT2D eigenvalue weighted by molar-refractivity contribution is 6.11. The highest BCUT2D eigenvalue weighted by atomic mass is 16.1. The van der Waals surface area contributed by atoms with E-state index in [-0.39, 0.29) is 16.7 Å². The summed E-state index contributed by atoms with van der Waals surface area (Å²) in [5.74, 6) is 0.161. The summed E-state index contributed by atoms with van der Waals surface area (Å²) in [6, 6.07) is 10.4. The van der Waals surface area contributed by atoms with E-state index in [1.807, 2.05) is 19.9 Å². The second kappa shape index (κ2) is 5.05. The molecule has 0 fully saturated rings. The van der Waals surface area contributed by atoms with Crippen molar-refractivity contribution >= 4 is 11.5 Å². The molecule has 3 rings (SSSR count). The highest BCUT2D eigenvalue weighted by Crippen LogP contribution is 2.46. The minimum Gasteiger partial charge on any atom is -0.289 e. The number of Topliss-reactive ketones (excluding diaryl/α,β-unsaturated/α-hetero) is 1. The first kappa shape index (κ1) is 15.0. The molecule has 2 heteroatoms. The molecule has 114 valence electrons. The number of ketones is 1. The van der Waals surface area contributed by atoms with Gasteiger partial charge in [-0.25, -0.2) is 0 Å². The van der Waals surface area contributed by atoms with Crippen LogP contribution < -0.4 is 0 Å². The van der Waals surface area contributed by atoms with Crippen LogP contribution in [0.5, 0.6) is 0 Å². The average Bonchev–Trinajstić information content (AvgIpc) is 2.67. The summed E-state index contributed by atoms with van der Waals surface area (Å²) < 4.78 is 0. The number of hydrogen-bond donors (Lipinski definition) is 0. The van der Waals surface area contributed by atoms with Gasteiger partial charge in [0, 0.05) is 17.5 Å². The average molecular weight is 293 g/mol. The summed E-state index contributed by atoms with van der Waals surface area (Å²) >= 11 is 0. The lowest BCUT2D eigenvalue weighted by Gasteiger charge is -2.30. The Morgan fingerprint density at radius 1 is 1.05 bits per heavy atom. The Morgan fingerprint density at radius 3 is 2.23 bits per heavy atom. The smallest absolute Gasteiger partial charge is 0.183 e. The topological polar surface area (TPSA) is 29.4 Å². The zero-order chi connectivity index (χ0) is 16.0. The van der Waals surface area contributed by atoms with Gasteiger partial charge in [-0.2, -0.15) is 0 Å². The predicted molar refractivity (Wildman–Crippen MR) is 91.2 cm³/mol. The van der Waals surface area contributed by atoms with E-state index in [4.69, 9.17) is 4.99 Å². The molecule has 0 atom stereocenters. The second-order valence-electron chi connectivity index (χ2n) is 7.23. The fourth-order valence-electron chi connectivity index (χ4n) is 3.85. The van der Waals surface area contributed by atoms with E-state index in [1.165, 1.54) is 11.3 Å². The number of carbonyl (C=O) groups is 1. The first-order chi connectivity index (χ1) is 10.3. The van der Waals surface area contributed by atoms with Gasteiger partial charge in [-0.3, -0.25) is 9.79 Å². The molecule has 2 nitrogen and oxygen atoms in total. The summed E-state index contributed by atoms with van der Waals surface area (Å²) in [6.45, 7) is 8.20. The maximum absolute atomic E-state index is 12.1. The van der Waals surface area contributed by atoms with Crippen LogP contribution >= 0.6 is 0 Å². The lowest BCUT2D eigenvalue weighted by atomic mass is 9.70. The van der Waals surface area contributed by atoms with E-state index in [9.17, 15) is 4.79 Å². The van der Waals surface area contributed by atoms with Crippen LogP contribution in [0.15, 0.2) is 58.6 Å². The molecule has 0 saturated carbocycles. The van der Waals surface area contributed by atoms with Gasteiger partial charge in [0.2, 0.25) is 0 Å². The number of aliphatic imine (C=N–C) groups is 1. The molecule has 22 heavy (non-hydrogen) atoms. The van der Waals surface area contributed by atoms with Gasteiger partial charge < -0.3 is 0 Å². The van der Waals surface area contributed by atoms with Gasteiger partial charge in [-0.1, -0.05) is 42.5 Å². The minimum absolute atomic E-state index is 0.0853. The van der Waals surface area contributed by atoms with Crippen LogP contribution in [-0.2, 0) is 11.2 Å². The summed E-state index contributed by atoms with van der Waals surface area (Å²) in [4.78, 5) is 17.1. The molecule has 0 saturated heterocycles. The quantitative estimate of drug-likeness (QED) is 0.798. The molecule has 1 heterocycles. The van der Waals surface area contributed by atoms with Gasteiger partial charge in [0.15, 0.2) is 5.78 Å². The zero-order valence-electron chi connectivity index (χ0n) is 13.8. The normalized spacial score (nSPS) is 22.4. The largest absolute Gasteiger partial charge is 0.289 e. The summed E-state index contributed by atoms with van der Waals surface area (Å²) in [5.41, 5.74) is 3.86. The van der Waals surface area contributed by atoms with Crippen molar-refractivity contribution < 1.29 is 4.79 Å². The van der Waals surface area contributed by atoms with Crippen molar-refractivity contribution in [3.05, 3.63) is 59.2 Å². The minimum atomic E-state index is -0.193. The molecule has 0 unspecified atom stereocenters. The zero-order valence-corrected chi connectivity index (χ0v) is 13.8. The Balaban J connectivity index is 2.04. The van der Waals surface area contributed by atoms with Crippen LogP contribution in [0, 0.1) is 5.41 Å². The van der Waals surface area contributed by atoms with E-state index in [0.29, 0.717) is 0 Å². The SMILES string of the molecule is CC1=CC2(C=C(C)C1=O)CC(C)(C)N=C2Cc1ccccc1. The maximum atomic E-state index is 12.1. The number of hydrogen-bond acceptors (Lipinski definition) is 2. The number of benzene rings is 1. The van der Waals surface area contributed by atoms with Gasteiger partial charge in [-0.05, 0) is 50.8 Å². The van der Waals surface area contributed by atoms with Crippen molar-refractivity contribution in [3.63, 3.8) is 0 Å². The Kier molecular flexibility index (Phi) is 3.43. The van der Waals surface area contributed by atoms with E-state index in [2.05, 4.69) is 50.3 Å². The molecule has 0 aromatic heterocycles. The lowest BCUT2D eigenvalue weighted by Crippen LogP contribution is -2.31. The van der Waals surface area contributed by atoms with Crippen LogP contribution in [0.1, 0.15) is 39.7 Å². The second-order valence-corrected chi connectivity index (χ2v) is 7.23.